The van der Waals surface area contributed by atoms with Gasteiger partial charge in [0.1, 0.15) is 0 Å². The van der Waals surface area contributed by atoms with Crippen LogP contribution in [0.1, 0.15) is 36.7 Å². The standard InChI is InChI=1S/C17H23N3O6/c1-5-19(9-15(21)18-11(2)3)16(22)10-26-17(23)13-7-6-8-14(12(13)4)20(24)25/h6-8,11H,5,9-10H2,1-4H3,(H,18,21). The van der Waals surface area contributed by atoms with Crippen molar-refractivity contribution in [2.24, 2.45) is 0 Å². The minimum absolute atomic E-state index is 0.0209. The second kappa shape index (κ2) is 9.50. The minimum atomic E-state index is -0.831. The van der Waals surface area contributed by atoms with E-state index in [1.165, 1.54) is 30.0 Å². The lowest BCUT2D eigenvalue weighted by atomic mass is 10.1. The van der Waals surface area contributed by atoms with Crippen molar-refractivity contribution in [1.82, 2.24) is 10.2 Å². The number of nitrogens with zero attached hydrogens (tertiary/aromatic N) is 2. The molecule has 0 saturated heterocycles. The van der Waals surface area contributed by atoms with Gasteiger partial charge in [-0.2, -0.15) is 0 Å². The van der Waals surface area contributed by atoms with Crippen molar-refractivity contribution in [1.29, 1.82) is 0 Å². The summed E-state index contributed by atoms with van der Waals surface area (Å²) in [6.07, 6.45) is 0. The molecule has 1 aromatic carbocycles. The van der Waals surface area contributed by atoms with Crippen molar-refractivity contribution >= 4 is 23.5 Å². The van der Waals surface area contributed by atoms with Gasteiger partial charge in [-0.3, -0.25) is 19.7 Å². The minimum Gasteiger partial charge on any atom is -0.452 e. The third-order valence-electron chi connectivity index (χ3n) is 3.57. The highest BCUT2D eigenvalue weighted by atomic mass is 16.6. The fourth-order valence-electron chi connectivity index (χ4n) is 2.26. The van der Waals surface area contributed by atoms with Crippen LogP contribution in [-0.2, 0) is 14.3 Å². The molecule has 0 fully saturated rings. The molecule has 0 aliphatic rings. The number of likely N-dealkylation sites (N-methyl/N-ethyl adjacent to an activating group) is 1. The average Bonchev–Trinajstić information content (AvgIpc) is 2.56. The molecule has 0 spiro atoms. The van der Waals surface area contributed by atoms with E-state index < -0.39 is 23.4 Å². The topological polar surface area (TPSA) is 119 Å². The van der Waals surface area contributed by atoms with Gasteiger partial charge in [0.25, 0.3) is 11.6 Å². The molecule has 0 bridgehead atoms. The second-order valence-corrected chi connectivity index (χ2v) is 5.91. The number of hydrogen-bond donors (Lipinski definition) is 1. The summed E-state index contributed by atoms with van der Waals surface area (Å²) in [7, 11) is 0. The maximum absolute atomic E-state index is 12.2. The largest absolute Gasteiger partial charge is 0.452 e. The van der Waals surface area contributed by atoms with Gasteiger partial charge in [0, 0.05) is 24.2 Å². The fraction of sp³-hybridized carbons (Fsp3) is 0.471. The summed E-state index contributed by atoms with van der Waals surface area (Å²) in [5, 5.41) is 13.6. The van der Waals surface area contributed by atoms with E-state index in [0.29, 0.717) is 0 Å². The molecule has 0 radical (unpaired) electrons. The van der Waals surface area contributed by atoms with Gasteiger partial charge in [-0.05, 0) is 33.8 Å². The van der Waals surface area contributed by atoms with Gasteiger partial charge in [-0.25, -0.2) is 4.79 Å². The number of ether oxygens (including phenoxy) is 1. The van der Waals surface area contributed by atoms with E-state index in [9.17, 15) is 24.5 Å². The van der Waals surface area contributed by atoms with Crippen molar-refractivity contribution in [3.63, 3.8) is 0 Å². The number of carbonyl (C=O) groups is 3. The first-order valence-electron chi connectivity index (χ1n) is 8.15. The number of nitrogens with one attached hydrogen (secondary N) is 1. The lowest BCUT2D eigenvalue weighted by Crippen LogP contribution is -2.44. The molecule has 0 atom stereocenters. The Labute approximate surface area is 151 Å². The lowest BCUT2D eigenvalue weighted by Gasteiger charge is -2.21. The van der Waals surface area contributed by atoms with E-state index in [-0.39, 0.29) is 41.9 Å². The number of benzene rings is 1. The summed E-state index contributed by atoms with van der Waals surface area (Å²) in [6.45, 7) is 6.33. The van der Waals surface area contributed by atoms with Crippen LogP contribution in [0.25, 0.3) is 0 Å². The Balaban J connectivity index is 2.71. The third kappa shape index (κ3) is 5.83. The lowest BCUT2D eigenvalue weighted by molar-refractivity contribution is -0.385. The maximum atomic E-state index is 12.2. The predicted octanol–water partition coefficient (Wildman–Crippen LogP) is 1.43. The van der Waals surface area contributed by atoms with Crippen molar-refractivity contribution in [3.8, 4) is 0 Å². The molecule has 26 heavy (non-hydrogen) atoms. The normalized spacial score (nSPS) is 10.3. The molecule has 9 heteroatoms. The number of amides is 2. The van der Waals surface area contributed by atoms with Crippen molar-refractivity contribution in [3.05, 3.63) is 39.4 Å². The van der Waals surface area contributed by atoms with Crippen LogP contribution in [0.15, 0.2) is 18.2 Å². The van der Waals surface area contributed by atoms with Gasteiger partial charge in [0.2, 0.25) is 5.91 Å². The highest BCUT2D eigenvalue weighted by Gasteiger charge is 2.21. The summed E-state index contributed by atoms with van der Waals surface area (Å²) >= 11 is 0. The van der Waals surface area contributed by atoms with Crippen LogP contribution in [0.5, 0.6) is 0 Å². The number of carbonyl (C=O) groups excluding carboxylic acids is 3. The van der Waals surface area contributed by atoms with Crippen molar-refractivity contribution < 1.29 is 24.0 Å². The SMILES string of the molecule is CCN(CC(=O)NC(C)C)C(=O)COC(=O)c1cccc([N+](=O)[O-])c1C. The molecular formula is C17H23N3O6. The number of hydrogen-bond acceptors (Lipinski definition) is 6. The molecule has 0 unspecified atom stereocenters. The molecular weight excluding hydrogens is 342 g/mol. The van der Waals surface area contributed by atoms with Crippen LogP contribution < -0.4 is 5.32 Å². The summed E-state index contributed by atoms with van der Waals surface area (Å²) in [4.78, 5) is 47.6. The average molecular weight is 365 g/mol. The second-order valence-electron chi connectivity index (χ2n) is 5.91. The molecule has 0 aliphatic heterocycles. The van der Waals surface area contributed by atoms with Gasteiger partial charge in [-0.1, -0.05) is 6.07 Å². The van der Waals surface area contributed by atoms with E-state index >= 15 is 0 Å². The monoisotopic (exact) mass is 365 g/mol. The molecule has 2 amide bonds. The first kappa shape index (κ1) is 21.1. The smallest absolute Gasteiger partial charge is 0.339 e. The molecule has 0 aromatic heterocycles. The van der Waals surface area contributed by atoms with Crippen molar-refractivity contribution in [2.75, 3.05) is 19.7 Å². The molecule has 0 heterocycles. The summed E-state index contributed by atoms with van der Waals surface area (Å²) in [5.41, 5.74) is -0.0162. The van der Waals surface area contributed by atoms with E-state index in [0.717, 1.165) is 0 Å². The van der Waals surface area contributed by atoms with E-state index in [1.807, 2.05) is 0 Å². The maximum Gasteiger partial charge on any atom is 0.339 e. The first-order valence-corrected chi connectivity index (χ1v) is 8.15. The van der Waals surface area contributed by atoms with E-state index in [1.54, 1.807) is 20.8 Å². The van der Waals surface area contributed by atoms with Crippen LogP contribution in [-0.4, -0.2) is 53.3 Å². The molecule has 142 valence electrons. The summed E-state index contributed by atoms with van der Waals surface area (Å²) in [5.74, 6) is -1.67. The Kier molecular flexibility index (Phi) is 7.70. The quantitative estimate of drug-likeness (QED) is 0.423. The fourth-order valence-corrected chi connectivity index (χ4v) is 2.26. The molecule has 9 nitrogen and oxygen atoms in total. The Morgan fingerprint density at radius 3 is 2.50 bits per heavy atom. The van der Waals surface area contributed by atoms with Gasteiger partial charge >= 0.3 is 5.97 Å². The molecule has 1 N–H and O–H groups in total. The van der Waals surface area contributed by atoms with Gasteiger partial charge in [0.15, 0.2) is 6.61 Å². The van der Waals surface area contributed by atoms with Crippen LogP contribution in [0.4, 0.5) is 5.69 Å². The molecule has 1 aromatic rings. The summed E-state index contributed by atoms with van der Waals surface area (Å²) < 4.78 is 4.97. The highest BCUT2D eigenvalue weighted by molar-refractivity contribution is 5.94. The Morgan fingerprint density at radius 1 is 1.31 bits per heavy atom. The zero-order valence-corrected chi connectivity index (χ0v) is 15.3. The number of esters is 1. The van der Waals surface area contributed by atoms with Crippen LogP contribution in [0.2, 0.25) is 0 Å². The highest BCUT2D eigenvalue weighted by Crippen LogP contribution is 2.21. The molecule has 0 aliphatic carbocycles. The molecule has 0 saturated carbocycles. The number of nitro groups is 1. The summed E-state index contributed by atoms with van der Waals surface area (Å²) in [6, 6.07) is 4.00. The Hall–Kier alpha value is -2.97. The van der Waals surface area contributed by atoms with Gasteiger partial charge in [0.05, 0.1) is 17.0 Å². The third-order valence-corrected chi connectivity index (χ3v) is 3.57. The van der Waals surface area contributed by atoms with Crippen LogP contribution in [0.3, 0.4) is 0 Å². The van der Waals surface area contributed by atoms with Gasteiger partial charge < -0.3 is 15.0 Å². The zero-order valence-electron chi connectivity index (χ0n) is 15.3. The zero-order chi connectivity index (χ0) is 19.9. The molecule has 1 rings (SSSR count). The number of nitro benzene ring substituents is 1. The number of rotatable bonds is 8. The van der Waals surface area contributed by atoms with Gasteiger partial charge in [-0.15, -0.1) is 0 Å². The predicted molar refractivity (Wildman–Crippen MR) is 93.6 cm³/mol. The first-order chi connectivity index (χ1) is 12.2. The Morgan fingerprint density at radius 2 is 1.96 bits per heavy atom. The van der Waals surface area contributed by atoms with Crippen molar-refractivity contribution in [2.45, 2.75) is 33.7 Å². The Bertz CT molecular complexity index is 702. The van der Waals surface area contributed by atoms with E-state index in [4.69, 9.17) is 4.74 Å². The van der Waals surface area contributed by atoms with Crippen LogP contribution in [0, 0.1) is 17.0 Å². The van der Waals surface area contributed by atoms with Crippen LogP contribution >= 0.6 is 0 Å². The van der Waals surface area contributed by atoms with E-state index in [2.05, 4.69) is 5.32 Å².